The first-order valence-corrected chi connectivity index (χ1v) is 8.34. The van der Waals surface area contributed by atoms with Gasteiger partial charge in [0, 0.05) is 21.1 Å². The quantitative estimate of drug-likeness (QED) is 0.801. The number of anilines is 1. The van der Waals surface area contributed by atoms with E-state index in [9.17, 15) is 4.79 Å². The van der Waals surface area contributed by atoms with Crippen LogP contribution in [0.3, 0.4) is 0 Å². The molecule has 6 heteroatoms. The van der Waals surface area contributed by atoms with Gasteiger partial charge in [0.15, 0.2) is 11.5 Å². The summed E-state index contributed by atoms with van der Waals surface area (Å²) < 4.78 is 12.8. The normalized spacial score (nSPS) is 12.8. The van der Waals surface area contributed by atoms with Crippen molar-refractivity contribution in [2.75, 3.05) is 18.5 Å². The lowest BCUT2D eigenvalue weighted by Gasteiger charge is -2.20. The van der Waals surface area contributed by atoms with Gasteiger partial charge in [0.25, 0.3) is 0 Å². The Kier molecular flexibility index (Phi) is 4.69. The topological polar surface area (TPSA) is 47.6 Å². The van der Waals surface area contributed by atoms with Crippen LogP contribution in [0.25, 0.3) is 0 Å². The molecule has 0 saturated heterocycles. The average molecular weight is 427 g/mol. The van der Waals surface area contributed by atoms with E-state index >= 15 is 0 Å². The first kappa shape index (κ1) is 15.4. The van der Waals surface area contributed by atoms with Gasteiger partial charge in [-0.05, 0) is 33.6 Å². The summed E-state index contributed by atoms with van der Waals surface area (Å²) in [7, 11) is 0. The summed E-state index contributed by atoms with van der Waals surface area (Å²) in [6.07, 6.45) is 0.314. The monoisotopic (exact) mass is 425 g/mol. The molecule has 0 unspecified atom stereocenters. The van der Waals surface area contributed by atoms with E-state index in [1.165, 1.54) is 0 Å². The summed E-state index contributed by atoms with van der Waals surface area (Å²) in [5.74, 6) is 1.25. The maximum atomic E-state index is 12.2. The molecular weight excluding hydrogens is 414 g/mol. The van der Waals surface area contributed by atoms with Gasteiger partial charge in [0.1, 0.15) is 13.2 Å². The molecule has 1 amide bonds. The number of hydrogen-bond acceptors (Lipinski definition) is 3. The summed E-state index contributed by atoms with van der Waals surface area (Å²) in [4.78, 5) is 12.2. The first-order valence-electron chi connectivity index (χ1n) is 6.75. The van der Waals surface area contributed by atoms with Gasteiger partial charge in [-0.25, -0.2) is 0 Å². The highest BCUT2D eigenvalue weighted by Gasteiger charge is 2.16. The van der Waals surface area contributed by atoms with Crippen molar-refractivity contribution in [2.24, 2.45) is 0 Å². The van der Waals surface area contributed by atoms with Crippen LogP contribution in [-0.4, -0.2) is 19.1 Å². The zero-order valence-electron chi connectivity index (χ0n) is 11.6. The van der Waals surface area contributed by atoms with E-state index in [4.69, 9.17) is 9.47 Å². The van der Waals surface area contributed by atoms with Crippen molar-refractivity contribution in [1.82, 2.24) is 0 Å². The maximum Gasteiger partial charge on any atom is 0.228 e. The molecule has 1 aliphatic heterocycles. The number of rotatable bonds is 3. The lowest BCUT2D eigenvalue weighted by atomic mass is 10.1. The molecule has 22 heavy (non-hydrogen) atoms. The van der Waals surface area contributed by atoms with Crippen molar-refractivity contribution in [2.45, 2.75) is 6.42 Å². The highest BCUT2D eigenvalue weighted by atomic mass is 79.9. The van der Waals surface area contributed by atoms with Crippen LogP contribution in [-0.2, 0) is 11.2 Å². The molecule has 0 atom stereocenters. The number of ether oxygens (including phenoxy) is 2. The summed E-state index contributed by atoms with van der Waals surface area (Å²) in [5.41, 5.74) is 1.63. The van der Waals surface area contributed by atoms with Gasteiger partial charge in [-0.3, -0.25) is 4.79 Å². The van der Waals surface area contributed by atoms with Crippen molar-refractivity contribution in [3.63, 3.8) is 0 Å². The average Bonchev–Trinajstić information content (AvgIpc) is 2.50. The Morgan fingerprint density at radius 1 is 1.05 bits per heavy atom. The van der Waals surface area contributed by atoms with Gasteiger partial charge in [-0.1, -0.05) is 28.1 Å². The number of nitrogens with one attached hydrogen (secondary N) is 1. The molecule has 0 radical (unpaired) electrons. The fourth-order valence-electron chi connectivity index (χ4n) is 2.14. The van der Waals surface area contributed by atoms with Crippen LogP contribution in [0.1, 0.15) is 5.56 Å². The van der Waals surface area contributed by atoms with Crippen LogP contribution in [0.15, 0.2) is 45.3 Å². The summed E-state index contributed by atoms with van der Waals surface area (Å²) >= 11 is 6.82. The number of hydrogen-bond donors (Lipinski definition) is 1. The second kappa shape index (κ2) is 6.71. The molecule has 0 fully saturated rings. The summed E-state index contributed by atoms with van der Waals surface area (Å²) in [5, 5.41) is 2.89. The molecule has 3 rings (SSSR count). The third kappa shape index (κ3) is 3.62. The minimum atomic E-state index is -0.0836. The second-order valence-electron chi connectivity index (χ2n) is 4.83. The molecule has 1 aliphatic rings. The van der Waals surface area contributed by atoms with Crippen molar-refractivity contribution in [1.29, 1.82) is 0 Å². The smallest absolute Gasteiger partial charge is 0.228 e. The van der Waals surface area contributed by atoms with Crippen molar-refractivity contribution < 1.29 is 14.3 Å². The number of fused-ring (bicyclic) bond motifs is 1. The SMILES string of the molecule is O=C(Cc1ccc(Br)cc1)Nc1cc2c(cc1Br)OCCO2. The standard InChI is InChI=1S/C16H13Br2NO3/c17-11-3-1-10(2-4-11)7-16(20)19-13-9-15-14(8-12(13)18)21-5-6-22-15/h1-4,8-9H,5-7H2,(H,19,20). The predicted molar refractivity (Wildman–Crippen MR) is 91.6 cm³/mol. The Morgan fingerprint density at radius 2 is 1.68 bits per heavy atom. The van der Waals surface area contributed by atoms with Crippen LogP contribution < -0.4 is 14.8 Å². The van der Waals surface area contributed by atoms with Crippen molar-refractivity contribution in [3.8, 4) is 11.5 Å². The number of halogens is 2. The van der Waals surface area contributed by atoms with E-state index in [-0.39, 0.29) is 5.91 Å². The van der Waals surface area contributed by atoms with Crippen LogP contribution in [0.5, 0.6) is 11.5 Å². The lowest BCUT2D eigenvalue weighted by molar-refractivity contribution is -0.115. The molecule has 0 aliphatic carbocycles. The predicted octanol–water partition coefficient (Wildman–Crippen LogP) is 4.16. The minimum Gasteiger partial charge on any atom is -0.486 e. The third-order valence-corrected chi connectivity index (χ3v) is 4.37. The molecule has 1 N–H and O–H groups in total. The van der Waals surface area contributed by atoms with E-state index in [1.54, 1.807) is 6.07 Å². The Balaban J connectivity index is 1.72. The number of carbonyl (C=O) groups is 1. The van der Waals surface area contributed by atoms with Crippen LogP contribution >= 0.6 is 31.9 Å². The molecule has 114 valence electrons. The zero-order chi connectivity index (χ0) is 15.5. The summed E-state index contributed by atoms with van der Waals surface area (Å²) in [6, 6.07) is 11.3. The van der Waals surface area contributed by atoms with Gasteiger partial charge >= 0.3 is 0 Å². The largest absolute Gasteiger partial charge is 0.486 e. The molecule has 2 aromatic carbocycles. The zero-order valence-corrected chi connectivity index (χ0v) is 14.7. The highest BCUT2D eigenvalue weighted by molar-refractivity contribution is 9.10. The molecule has 0 saturated carbocycles. The van der Waals surface area contributed by atoms with Gasteiger partial charge in [0.2, 0.25) is 5.91 Å². The van der Waals surface area contributed by atoms with E-state index in [0.717, 1.165) is 14.5 Å². The van der Waals surface area contributed by atoms with Gasteiger partial charge in [0.05, 0.1) is 12.1 Å². The maximum absolute atomic E-state index is 12.2. The lowest BCUT2D eigenvalue weighted by Crippen LogP contribution is -2.17. The number of amides is 1. The van der Waals surface area contributed by atoms with E-state index in [0.29, 0.717) is 36.8 Å². The number of benzene rings is 2. The van der Waals surface area contributed by atoms with Gasteiger partial charge < -0.3 is 14.8 Å². The van der Waals surface area contributed by atoms with E-state index in [1.807, 2.05) is 30.3 Å². The molecule has 1 heterocycles. The van der Waals surface area contributed by atoms with Crippen LogP contribution in [0.4, 0.5) is 5.69 Å². The Bertz CT molecular complexity index is 701. The fourth-order valence-corrected chi connectivity index (χ4v) is 2.83. The molecule has 0 bridgehead atoms. The van der Waals surface area contributed by atoms with Crippen LogP contribution in [0, 0.1) is 0 Å². The van der Waals surface area contributed by atoms with E-state index < -0.39 is 0 Å². The van der Waals surface area contributed by atoms with Gasteiger partial charge in [-0.15, -0.1) is 0 Å². The second-order valence-corrected chi connectivity index (χ2v) is 6.60. The summed E-state index contributed by atoms with van der Waals surface area (Å²) in [6.45, 7) is 1.05. The van der Waals surface area contributed by atoms with Crippen LogP contribution in [0.2, 0.25) is 0 Å². The van der Waals surface area contributed by atoms with E-state index in [2.05, 4.69) is 37.2 Å². The Morgan fingerprint density at radius 3 is 2.36 bits per heavy atom. The molecule has 0 aromatic heterocycles. The molecular formula is C16H13Br2NO3. The molecule has 0 spiro atoms. The molecule has 2 aromatic rings. The highest BCUT2D eigenvalue weighted by Crippen LogP contribution is 2.38. The van der Waals surface area contributed by atoms with Crippen molar-refractivity contribution >= 4 is 43.5 Å². The van der Waals surface area contributed by atoms with Gasteiger partial charge in [-0.2, -0.15) is 0 Å². The Labute approximate surface area is 145 Å². The fraction of sp³-hybridized carbons (Fsp3) is 0.188. The van der Waals surface area contributed by atoms with Crippen molar-refractivity contribution in [3.05, 3.63) is 50.9 Å². The third-order valence-electron chi connectivity index (χ3n) is 3.18. The minimum absolute atomic E-state index is 0.0836. The molecule has 4 nitrogen and oxygen atoms in total. The Hall–Kier alpha value is -1.53. The first-order chi connectivity index (χ1) is 10.6. The number of carbonyl (C=O) groups excluding carboxylic acids is 1.